The number of halogens is 2. The van der Waals surface area contributed by atoms with Crippen LogP contribution in [0, 0.1) is 3.57 Å². The Labute approximate surface area is 196 Å². The van der Waals surface area contributed by atoms with Crippen molar-refractivity contribution in [3.8, 4) is 11.5 Å². The van der Waals surface area contributed by atoms with Crippen LogP contribution >= 0.6 is 46.0 Å². The van der Waals surface area contributed by atoms with Crippen molar-refractivity contribution in [3.63, 3.8) is 0 Å². The van der Waals surface area contributed by atoms with Gasteiger partial charge in [0.2, 0.25) is 0 Å². The Morgan fingerprint density at radius 2 is 2.03 bits per heavy atom. The molecule has 2 aromatic rings. The SMILES string of the molecule is CCOc1cc(/C=C2\SC(=Nc3ccc(Cl)cc3)NC2=O)cc(I)c1OCC(N)=O. The van der Waals surface area contributed by atoms with Crippen LogP contribution in [0.4, 0.5) is 5.69 Å². The zero-order valence-electron chi connectivity index (χ0n) is 15.8. The Bertz CT molecular complexity index is 1040. The molecule has 3 rings (SSSR count). The molecule has 30 heavy (non-hydrogen) atoms. The number of nitrogens with zero attached hydrogens (tertiary/aromatic N) is 1. The highest BCUT2D eigenvalue weighted by Crippen LogP contribution is 2.36. The summed E-state index contributed by atoms with van der Waals surface area (Å²) >= 11 is 9.21. The molecule has 1 heterocycles. The number of hydrogen-bond acceptors (Lipinski definition) is 6. The maximum atomic E-state index is 12.4. The van der Waals surface area contributed by atoms with Crippen LogP contribution in [0.25, 0.3) is 6.08 Å². The zero-order valence-corrected chi connectivity index (χ0v) is 19.5. The Morgan fingerprint density at radius 1 is 1.30 bits per heavy atom. The van der Waals surface area contributed by atoms with Gasteiger partial charge >= 0.3 is 0 Å². The number of nitrogens with one attached hydrogen (secondary N) is 1. The predicted molar refractivity (Wildman–Crippen MR) is 127 cm³/mol. The van der Waals surface area contributed by atoms with Crippen LogP contribution in [0.5, 0.6) is 11.5 Å². The second kappa shape index (κ2) is 10.2. The molecule has 1 aliphatic heterocycles. The van der Waals surface area contributed by atoms with Gasteiger partial charge in [-0.05, 0) is 89.3 Å². The quantitative estimate of drug-likeness (QED) is 0.394. The maximum Gasteiger partial charge on any atom is 0.264 e. The number of rotatable bonds is 7. The van der Waals surface area contributed by atoms with Gasteiger partial charge in [-0.2, -0.15) is 0 Å². The molecule has 3 N–H and O–H groups in total. The second-order valence-electron chi connectivity index (χ2n) is 5.98. The van der Waals surface area contributed by atoms with E-state index in [2.05, 4.69) is 32.9 Å². The van der Waals surface area contributed by atoms with Crippen molar-refractivity contribution >= 4 is 74.7 Å². The van der Waals surface area contributed by atoms with E-state index in [9.17, 15) is 9.59 Å². The van der Waals surface area contributed by atoms with Gasteiger partial charge in [0.1, 0.15) is 0 Å². The molecule has 1 fully saturated rings. The Morgan fingerprint density at radius 3 is 2.70 bits per heavy atom. The smallest absolute Gasteiger partial charge is 0.264 e. The molecule has 0 unspecified atom stereocenters. The number of thioether (sulfide) groups is 1. The Hall–Kier alpha value is -2.24. The van der Waals surface area contributed by atoms with Crippen LogP contribution in [0.15, 0.2) is 46.3 Å². The number of carbonyl (C=O) groups is 2. The van der Waals surface area contributed by atoms with Crippen LogP contribution in [-0.2, 0) is 9.59 Å². The van der Waals surface area contributed by atoms with E-state index < -0.39 is 5.91 Å². The van der Waals surface area contributed by atoms with Gasteiger partial charge in [-0.3, -0.25) is 9.59 Å². The summed E-state index contributed by atoms with van der Waals surface area (Å²) in [6.07, 6.45) is 1.74. The van der Waals surface area contributed by atoms with Gasteiger partial charge in [0.25, 0.3) is 11.8 Å². The molecule has 0 saturated carbocycles. The molecule has 2 aromatic carbocycles. The number of ether oxygens (including phenoxy) is 2. The number of nitrogens with two attached hydrogens (primary N) is 1. The van der Waals surface area contributed by atoms with E-state index in [1.54, 1.807) is 36.4 Å². The van der Waals surface area contributed by atoms with Crippen molar-refractivity contribution in [2.75, 3.05) is 13.2 Å². The van der Waals surface area contributed by atoms with E-state index in [-0.39, 0.29) is 12.5 Å². The second-order valence-corrected chi connectivity index (χ2v) is 8.61. The number of amidine groups is 1. The minimum Gasteiger partial charge on any atom is -0.490 e. The summed E-state index contributed by atoms with van der Waals surface area (Å²) in [6.45, 7) is 2.01. The van der Waals surface area contributed by atoms with E-state index in [1.807, 2.05) is 13.0 Å². The molecule has 0 radical (unpaired) electrons. The molecule has 0 aromatic heterocycles. The first-order chi connectivity index (χ1) is 14.4. The molecule has 0 bridgehead atoms. The van der Waals surface area contributed by atoms with Crippen molar-refractivity contribution in [1.82, 2.24) is 5.32 Å². The van der Waals surface area contributed by atoms with E-state index in [0.717, 1.165) is 9.13 Å². The molecule has 0 atom stereocenters. The van der Waals surface area contributed by atoms with Crippen molar-refractivity contribution in [1.29, 1.82) is 0 Å². The lowest BCUT2D eigenvalue weighted by Crippen LogP contribution is -2.20. The van der Waals surface area contributed by atoms with Gasteiger partial charge in [-0.15, -0.1) is 0 Å². The average Bonchev–Trinajstić information content (AvgIpc) is 3.02. The molecule has 7 nitrogen and oxygen atoms in total. The molecule has 0 aliphatic carbocycles. The van der Waals surface area contributed by atoms with Crippen LogP contribution in [0.1, 0.15) is 12.5 Å². The number of aliphatic imine (C=N–C) groups is 1. The van der Waals surface area contributed by atoms with E-state index >= 15 is 0 Å². The topological polar surface area (TPSA) is 103 Å². The summed E-state index contributed by atoms with van der Waals surface area (Å²) in [7, 11) is 0. The normalized spacial score (nSPS) is 16.0. The largest absolute Gasteiger partial charge is 0.490 e. The van der Waals surface area contributed by atoms with Gasteiger partial charge in [0, 0.05) is 5.02 Å². The predicted octanol–water partition coefficient (Wildman–Crippen LogP) is 4.10. The van der Waals surface area contributed by atoms with Crippen LogP contribution in [-0.4, -0.2) is 30.2 Å². The fraction of sp³-hybridized carbons (Fsp3) is 0.150. The number of hydrogen-bond donors (Lipinski definition) is 2. The third-order valence-corrected chi connectivity index (χ3v) is 5.66. The third kappa shape index (κ3) is 5.89. The Kier molecular flexibility index (Phi) is 7.62. The lowest BCUT2D eigenvalue weighted by molar-refractivity contribution is -0.120. The van der Waals surface area contributed by atoms with Crippen molar-refractivity contribution in [2.24, 2.45) is 10.7 Å². The molecule has 10 heteroatoms. The van der Waals surface area contributed by atoms with E-state index in [0.29, 0.717) is 38.9 Å². The first-order valence-corrected chi connectivity index (χ1v) is 11.1. The molecule has 156 valence electrons. The van der Waals surface area contributed by atoms with E-state index in [1.165, 1.54) is 11.8 Å². The zero-order chi connectivity index (χ0) is 21.7. The monoisotopic (exact) mass is 557 g/mol. The van der Waals surface area contributed by atoms with Crippen LogP contribution < -0.4 is 20.5 Å². The van der Waals surface area contributed by atoms with Crippen molar-refractivity contribution in [2.45, 2.75) is 6.92 Å². The first kappa shape index (κ1) is 22.4. The molecular weight excluding hydrogens is 541 g/mol. The summed E-state index contributed by atoms with van der Waals surface area (Å²) in [5.41, 5.74) is 6.60. The molecule has 1 aliphatic rings. The van der Waals surface area contributed by atoms with Crippen LogP contribution in [0.3, 0.4) is 0 Å². The van der Waals surface area contributed by atoms with E-state index in [4.69, 9.17) is 26.8 Å². The highest BCUT2D eigenvalue weighted by atomic mass is 127. The summed E-state index contributed by atoms with van der Waals surface area (Å²) < 4.78 is 11.8. The number of primary amides is 1. The highest BCUT2D eigenvalue weighted by Gasteiger charge is 2.24. The van der Waals surface area contributed by atoms with Gasteiger partial charge < -0.3 is 20.5 Å². The third-order valence-electron chi connectivity index (χ3n) is 3.70. The first-order valence-electron chi connectivity index (χ1n) is 8.78. The minimum atomic E-state index is -0.578. The minimum absolute atomic E-state index is 0.241. The number of amides is 2. The summed E-state index contributed by atoms with van der Waals surface area (Å²) in [6, 6.07) is 10.6. The van der Waals surface area contributed by atoms with Gasteiger partial charge in [0.15, 0.2) is 23.3 Å². The van der Waals surface area contributed by atoms with Crippen LogP contribution in [0.2, 0.25) is 5.02 Å². The van der Waals surface area contributed by atoms with Gasteiger partial charge in [-0.1, -0.05) is 11.6 Å². The average molecular weight is 558 g/mol. The lowest BCUT2D eigenvalue weighted by atomic mass is 10.2. The maximum absolute atomic E-state index is 12.4. The fourth-order valence-corrected chi connectivity index (χ4v) is 4.23. The van der Waals surface area contributed by atoms with Gasteiger partial charge in [0.05, 0.1) is 20.8 Å². The van der Waals surface area contributed by atoms with Gasteiger partial charge in [-0.25, -0.2) is 4.99 Å². The number of benzene rings is 2. The number of carbonyl (C=O) groups excluding carboxylic acids is 2. The highest BCUT2D eigenvalue weighted by molar-refractivity contribution is 14.1. The van der Waals surface area contributed by atoms with Crippen molar-refractivity contribution < 1.29 is 19.1 Å². The Balaban J connectivity index is 1.85. The molecule has 0 spiro atoms. The fourth-order valence-electron chi connectivity index (χ4n) is 2.48. The standard InChI is InChI=1S/C20H17ClIN3O4S/c1-2-28-15-8-11(7-14(22)18(15)29-10-17(23)26)9-16-19(27)25-20(30-16)24-13-5-3-12(21)4-6-13/h3-9H,2,10H2,1H3,(H2,23,26)(H,24,25,27)/b16-9-. The summed E-state index contributed by atoms with van der Waals surface area (Å²) in [4.78, 5) is 28.3. The summed E-state index contributed by atoms with van der Waals surface area (Å²) in [5.74, 6) is 0.0867. The lowest BCUT2D eigenvalue weighted by Gasteiger charge is -2.14. The molecule has 2 amide bonds. The summed E-state index contributed by atoms with van der Waals surface area (Å²) in [5, 5.41) is 3.85. The molecular formula is C20H17ClIN3O4S. The van der Waals surface area contributed by atoms with Crippen molar-refractivity contribution in [3.05, 3.63) is 55.5 Å². The molecule has 1 saturated heterocycles.